The second kappa shape index (κ2) is 7.20. The fourth-order valence-corrected chi connectivity index (χ4v) is 3.53. The Morgan fingerprint density at radius 1 is 1.48 bits per heavy atom. The van der Waals surface area contributed by atoms with Gasteiger partial charge in [0, 0.05) is 31.8 Å². The average molecular weight is 313 g/mol. The largest absolute Gasteiger partial charge is 0.383 e. The van der Waals surface area contributed by atoms with E-state index >= 15 is 0 Å². The topological polar surface area (TPSA) is 80.3 Å². The van der Waals surface area contributed by atoms with E-state index in [0.29, 0.717) is 25.4 Å². The fraction of sp³-hybridized carbons (Fsp3) is 0.643. The molecule has 0 radical (unpaired) electrons. The van der Waals surface area contributed by atoms with E-state index in [1.165, 1.54) is 6.20 Å². The standard InChI is InChI=1S/C14H23N3O3S/c1-3-7-15-13-5-4-8-16-14(13)21(18,19)17-10-12-6-9-20-11(12)2/h4-5,8,11-12,15,17H,3,6-7,9-10H2,1-2H3. The van der Waals surface area contributed by atoms with E-state index in [2.05, 4.69) is 15.0 Å². The minimum Gasteiger partial charge on any atom is -0.383 e. The van der Waals surface area contributed by atoms with Gasteiger partial charge in [0.05, 0.1) is 11.8 Å². The Morgan fingerprint density at radius 2 is 2.29 bits per heavy atom. The van der Waals surface area contributed by atoms with Gasteiger partial charge in [-0.3, -0.25) is 0 Å². The molecule has 0 bridgehead atoms. The van der Waals surface area contributed by atoms with Gasteiger partial charge in [0.1, 0.15) is 0 Å². The van der Waals surface area contributed by atoms with Gasteiger partial charge in [-0.15, -0.1) is 0 Å². The summed E-state index contributed by atoms with van der Waals surface area (Å²) in [5.74, 6) is 0.218. The zero-order valence-corrected chi connectivity index (χ0v) is 13.3. The zero-order valence-electron chi connectivity index (χ0n) is 12.5. The third-order valence-corrected chi connectivity index (χ3v) is 5.04. The maximum absolute atomic E-state index is 12.4. The van der Waals surface area contributed by atoms with Crippen LogP contribution in [0.4, 0.5) is 5.69 Å². The van der Waals surface area contributed by atoms with Gasteiger partial charge in [0.15, 0.2) is 5.03 Å². The highest BCUT2D eigenvalue weighted by molar-refractivity contribution is 7.89. The summed E-state index contributed by atoms with van der Waals surface area (Å²) < 4.78 is 33.0. The monoisotopic (exact) mass is 313 g/mol. The molecule has 1 aromatic heterocycles. The molecule has 6 nitrogen and oxygen atoms in total. The summed E-state index contributed by atoms with van der Waals surface area (Å²) in [4.78, 5) is 4.02. The summed E-state index contributed by atoms with van der Waals surface area (Å²) in [5, 5.41) is 3.16. The average Bonchev–Trinajstić information content (AvgIpc) is 2.89. The number of ether oxygens (including phenoxy) is 1. The van der Waals surface area contributed by atoms with Crippen molar-refractivity contribution in [2.45, 2.75) is 37.8 Å². The summed E-state index contributed by atoms with van der Waals surface area (Å²) in [6.45, 7) is 5.79. The molecule has 0 saturated carbocycles. The molecule has 21 heavy (non-hydrogen) atoms. The van der Waals surface area contributed by atoms with Crippen molar-refractivity contribution in [2.75, 3.05) is 25.0 Å². The Labute approximate surface area is 126 Å². The first-order valence-electron chi connectivity index (χ1n) is 7.34. The first-order chi connectivity index (χ1) is 10.0. The third-order valence-electron chi connectivity index (χ3n) is 3.66. The molecule has 2 rings (SSSR count). The smallest absolute Gasteiger partial charge is 0.260 e. The molecule has 2 N–H and O–H groups in total. The van der Waals surface area contributed by atoms with E-state index < -0.39 is 10.0 Å². The molecule has 118 valence electrons. The summed E-state index contributed by atoms with van der Waals surface area (Å²) in [6.07, 6.45) is 3.38. The van der Waals surface area contributed by atoms with Crippen LogP contribution >= 0.6 is 0 Å². The Hall–Kier alpha value is -1.18. The Balaban J connectivity index is 2.08. The van der Waals surface area contributed by atoms with Gasteiger partial charge in [0.25, 0.3) is 10.0 Å². The van der Waals surface area contributed by atoms with Crippen LogP contribution in [-0.2, 0) is 14.8 Å². The van der Waals surface area contributed by atoms with E-state index in [4.69, 9.17) is 4.74 Å². The number of sulfonamides is 1. The zero-order chi connectivity index (χ0) is 15.3. The van der Waals surface area contributed by atoms with Crippen molar-refractivity contribution in [2.24, 2.45) is 5.92 Å². The minimum atomic E-state index is -3.61. The van der Waals surface area contributed by atoms with Crippen molar-refractivity contribution in [1.82, 2.24) is 9.71 Å². The molecule has 1 aliphatic rings. The van der Waals surface area contributed by atoms with Crippen molar-refractivity contribution >= 4 is 15.7 Å². The fourth-order valence-electron chi connectivity index (χ4n) is 2.33. The van der Waals surface area contributed by atoms with Crippen LogP contribution in [0.25, 0.3) is 0 Å². The summed E-state index contributed by atoms with van der Waals surface area (Å²) in [7, 11) is -3.61. The summed E-state index contributed by atoms with van der Waals surface area (Å²) >= 11 is 0. The lowest BCUT2D eigenvalue weighted by Crippen LogP contribution is -2.33. The van der Waals surface area contributed by atoms with Crippen LogP contribution in [0.1, 0.15) is 26.7 Å². The molecule has 1 saturated heterocycles. The molecule has 0 aromatic carbocycles. The highest BCUT2D eigenvalue weighted by Crippen LogP contribution is 2.21. The lowest BCUT2D eigenvalue weighted by molar-refractivity contribution is 0.107. The molecular weight excluding hydrogens is 290 g/mol. The van der Waals surface area contributed by atoms with Crippen LogP contribution in [0.3, 0.4) is 0 Å². The number of hydrogen-bond donors (Lipinski definition) is 2. The Kier molecular flexibility index (Phi) is 5.55. The first-order valence-corrected chi connectivity index (χ1v) is 8.83. The maximum atomic E-state index is 12.4. The second-order valence-electron chi connectivity index (χ2n) is 5.26. The van der Waals surface area contributed by atoms with Gasteiger partial charge >= 0.3 is 0 Å². The van der Waals surface area contributed by atoms with Gasteiger partial charge in [-0.05, 0) is 31.9 Å². The SMILES string of the molecule is CCCNc1cccnc1S(=O)(=O)NCC1CCOC1C. The van der Waals surface area contributed by atoms with Crippen molar-refractivity contribution in [1.29, 1.82) is 0 Å². The van der Waals surface area contributed by atoms with Gasteiger partial charge < -0.3 is 10.1 Å². The predicted octanol–water partition coefficient (Wildman–Crippen LogP) is 1.61. The van der Waals surface area contributed by atoms with Crippen molar-refractivity contribution < 1.29 is 13.2 Å². The molecule has 2 atom stereocenters. The van der Waals surface area contributed by atoms with Crippen molar-refractivity contribution in [3.8, 4) is 0 Å². The van der Waals surface area contributed by atoms with Crippen LogP contribution < -0.4 is 10.0 Å². The number of aromatic nitrogens is 1. The molecular formula is C14H23N3O3S. The lowest BCUT2D eigenvalue weighted by atomic mass is 10.0. The van der Waals surface area contributed by atoms with Gasteiger partial charge in [-0.1, -0.05) is 6.92 Å². The Morgan fingerprint density at radius 3 is 2.95 bits per heavy atom. The maximum Gasteiger partial charge on any atom is 0.260 e. The molecule has 0 aliphatic carbocycles. The highest BCUT2D eigenvalue weighted by Gasteiger charge is 2.27. The lowest BCUT2D eigenvalue weighted by Gasteiger charge is -2.16. The molecule has 1 fully saturated rings. The third kappa shape index (κ3) is 4.15. The quantitative estimate of drug-likeness (QED) is 0.799. The van der Waals surface area contributed by atoms with Gasteiger partial charge in [0.2, 0.25) is 0 Å². The highest BCUT2D eigenvalue weighted by atomic mass is 32.2. The number of nitrogens with zero attached hydrogens (tertiary/aromatic N) is 1. The molecule has 0 spiro atoms. The number of hydrogen-bond acceptors (Lipinski definition) is 5. The molecule has 1 aliphatic heterocycles. The summed E-state index contributed by atoms with van der Waals surface area (Å²) in [6, 6.07) is 3.46. The summed E-state index contributed by atoms with van der Waals surface area (Å²) in [5.41, 5.74) is 0.544. The van der Waals surface area contributed by atoms with Crippen molar-refractivity contribution in [3.63, 3.8) is 0 Å². The van der Waals surface area contributed by atoms with Crippen LogP contribution in [0.5, 0.6) is 0 Å². The number of anilines is 1. The van der Waals surface area contributed by atoms with Crippen LogP contribution in [0, 0.1) is 5.92 Å². The van der Waals surface area contributed by atoms with E-state index in [1.54, 1.807) is 12.1 Å². The molecule has 7 heteroatoms. The number of pyridine rings is 1. The van der Waals surface area contributed by atoms with Crippen molar-refractivity contribution in [3.05, 3.63) is 18.3 Å². The van der Waals surface area contributed by atoms with E-state index in [0.717, 1.165) is 12.8 Å². The van der Waals surface area contributed by atoms with E-state index in [-0.39, 0.29) is 17.0 Å². The normalized spacial score (nSPS) is 22.4. The van der Waals surface area contributed by atoms with Gasteiger partial charge in [-0.25, -0.2) is 18.1 Å². The second-order valence-corrected chi connectivity index (χ2v) is 6.94. The predicted molar refractivity (Wildman–Crippen MR) is 81.7 cm³/mol. The van der Waals surface area contributed by atoms with E-state index in [9.17, 15) is 8.42 Å². The van der Waals surface area contributed by atoms with Crippen LogP contribution in [0.15, 0.2) is 23.4 Å². The van der Waals surface area contributed by atoms with Crippen LogP contribution in [-0.4, -0.2) is 39.2 Å². The minimum absolute atomic E-state index is 0.0602. The van der Waals surface area contributed by atoms with E-state index in [1.807, 2.05) is 13.8 Å². The number of nitrogens with one attached hydrogen (secondary N) is 2. The molecule has 1 aromatic rings. The van der Waals surface area contributed by atoms with Crippen LogP contribution in [0.2, 0.25) is 0 Å². The van der Waals surface area contributed by atoms with Gasteiger partial charge in [-0.2, -0.15) is 0 Å². The Bertz CT molecular complexity index is 562. The first kappa shape index (κ1) is 16.2. The number of rotatable bonds is 7. The molecule has 2 unspecified atom stereocenters. The molecule has 2 heterocycles. The molecule has 0 amide bonds.